The lowest BCUT2D eigenvalue weighted by molar-refractivity contribution is 0.391. The Hall–Kier alpha value is -3.14. The van der Waals surface area contributed by atoms with Gasteiger partial charge in [-0.1, -0.05) is 29.1 Å². The number of nitrogens with zero attached hydrogens (tertiary/aromatic N) is 5. The standard InChI is InChI=1S/C16H13FN6O2S/c1-9-4-5-10(7-11(9)17)14-19-13(25-22-14)8-26-16-21-20-15(23(16)18)12-3-2-6-24-12/h2-7H,8,18H2,1H3. The molecule has 132 valence electrons. The van der Waals surface area contributed by atoms with Crippen molar-refractivity contribution in [3.8, 4) is 23.0 Å². The van der Waals surface area contributed by atoms with E-state index in [9.17, 15) is 4.39 Å². The summed E-state index contributed by atoms with van der Waals surface area (Å²) >= 11 is 1.28. The molecular weight excluding hydrogens is 359 g/mol. The number of nitrogen functional groups attached to an aromatic ring is 1. The zero-order chi connectivity index (χ0) is 18.1. The minimum atomic E-state index is -0.315. The highest BCUT2D eigenvalue weighted by Gasteiger charge is 2.16. The molecule has 0 atom stereocenters. The van der Waals surface area contributed by atoms with Crippen LogP contribution in [0.4, 0.5) is 4.39 Å². The van der Waals surface area contributed by atoms with Gasteiger partial charge in [-0.15, -0.1) is 10.2 Å². The van der Waals surface area contributed by atoms with Crippen LogP contribution in [0.5, 0.6) is 0 Å². The molecule has 0 aliphatic rings. The summed E-state index contributed by atoms with van der Waals surface area (Å²) in [5, 5.41) is 12.4. The van der Waals surface area contributed by atoms with E-state index in [1.165, 1.54) is 28.8 Å². The fourth-order valence-corrected chi connectivity index (χ4v) is 2.93. The lowest BCUT2D eigenvalue weighted by atomic mass is 10.1. The first-order valence-electron chi connectivity index (χ1n) is 7.58. The Morgan fingerprint density at radius 2 is 2.15 bits per heavy atom. The van der Waals surface area contributed by atoms with Gasteiger partial charge >= 0.3 is 0 Å². The van der Waals surface area contributed by atoms with Gasteiger partial charge < -0.3 is 14.8 Å². The number of halogens is 1. The van der Waals surface area contributed by atoms with Crippen LogP contribution in [-0.2, 0) is 5.75 Å². The van der Waals surface area contributed by atoms with Crippen molar-refractivity contribution >= 4 is 11.8 Å². The Labute approximate surface area is 151 Å². The summed E-state index contributed by atoms with van der Waals surface area (Å²) in [6.45, 7) is 1.69. The second-order valence-electron chi connectivity index (χ2n) is 5.42. The predicted molar refractivity (Wildman–Crippen MR) is 91.9 cm³/mol. The minimum absolute atomic E-state index is 0.315. The molecule has 3 heterocycles. The molecule has 0 fully saturated rings. The highest BCUT2D eigenvalue weighted by atomic mass is 32.2. The van der Waals surface area contributed by atoms with Crippen molar-refractivity contribution in [3.63, 3.8) is 0 Å². The Bertz CT molecular complexity index is 1040. The highest BCUT2D eigenvalue weighted by molar-refractivity contribution is 7.98. The van der Waals surface area contributed by atoms with Crippen LogP contribution in [0.2, 0.25) is 0 Å². The van der Waals surface area contributed by atoms with E-state index in [4.69, 9.17) is 14.8 Å². The Morgan fingerprint density at radius 3 is 2.92 bits per heavy atom. The lowest BCUT2D eigenvalue weighted by Gasteiger charge is -2.00. The first kappa shape index (κ1) is 16.3. The third-order valence-electron chi connectivity index (χ3n) is 3.63. The average molecular weight is 372 g/mol. The molecule has 3 aromatic heterocycles. The first-order valence-corrected chi connectivity index (χ1v) is 8.56. The maximum atomic E-state index is 13.7. The van der Waals surface area contributed by atoms with Crippen molar-refractivity contribution in [2.75, 3.05) is 5.84 Å². The molecule has 0 aliphatic carbocycles. The maximum absolute atomic E-state index is 13.7. The number of benzene rings is 1. The van der Waals surface area contributed by atoms with Gasteiger partial charge in [-0.05, 0) is 30.7 Å². The Balaban J connectivity index is 1.48. The third-order valence-corrected chi connectivity index (χ3v) is 4.56. The quantitative estimate of drug-likeness (QED) is 0.420. The van der Waals surface area contributed by atoms with E-state index in [0.29, 0.717) is 45.3 Å². The number of aryl methyl sites for hydroxylation is 1. The minimum Gasteiger partial charge on any atom is -0.461 e. The van der Waals surface area contributed by atoms with Crippen LogP contribution in [0, 0.1) is 12.7 Å². The summed E-state index contributed by atoms with van der Waals surface area (Å²) in [5.41, 5.74) is 1.11. The fraction of sp³-hybridized carbons (Fsp3) is 0.125. The summed E-state index contributed by atoms with van der Waals surface area (Å²) in [6.07, 6.45) is 1.53. The second-order valence-corrected chi connectivity index (χ2v) is 6.36. The van der Waals surface area contributed by atoms with Crippen molar-refractivity contribution in [3.05, 3.63) is 53.9 Å². The number of aromatic nitrogens is 5. The zero-order valence-electron chi connectivity index (χ0n) is 13.6. The number of rotatable bonds is 5. The molecule has 0 amide bonds. The molecule has 0 spiro atoms. The smallest absolute Gasteiger partial charge is 0.237 e. The molecule has 4 rings (SSSR count). The molecule has 10 heteroatoms. The predicted octanol–water partition coefficient (Wildman–Crippen LogP) is 3.04. The molecule has 0 saturated carbocycles. The van der Waals surface area contributed by atoms with E-state index in [-0.39, 0.29) is 5.82 Å². The highest BCUT2D eigenvalue weighted by Crippen LogP contribution is 2.25. The second kappa shape index (κ2) is 6.64. The van der Waals surface area contributed by atoms with Crippen LogP contribution in [0.1, 0.15) is 11.5 Å². The van der Waals surface area contributed by atoms with Crippen molar-refractivity contribution in [1.82, 2.24) is 25.0 Å². The molecule has 2 N–H and O–H groups in total. The molecule has 26 heavy (non-hydrogen) atoms. The van der Waals surface area contributed by atoms with Gasteiger partial charge in [0.15, 0.2) is 5.76 Å². The molecule has 0 radical (unpaired) electrons. The van der Waals surface area contributed by atoms with Crippen LogP contribution in [0.25, 0.3) is 23.0 Å². The van der Waals surface area contributed by atoms with E-state index >= 15 is 0 Å². The summed E-state index contributed by atoms with van der Waals surface area (Å²) in [5.74, 6) is 7.65. The monoisotopic (exact) mass is 372 g/mol. The summed E-state index contributed by atoms with van der Waals surface area (Å²) in [7, 11) is 0. The van der Waals surface area contributed by atoms with Gasteiger partial charge in [-0.2, -0.15) is 4.98 Å². The zero-order valence-corrected chi connectivity index (χ0v) is 14.4. The number of furan rings is 1. The third kappa shape index (κ3) is 3.06. The molecule has 0 aliphatic heterocycles. The van der Waals surface area contributed by atoms with Gasteiger partial charge in [0.2, 0.25) is 22.7 Å². The van der Waals surface area contributed by atoms with Crippen LogP contribution in [0.3, 0.4) is 0 Å². The van der Waals surface area contributed by atoms with Crippen LogP contribution >= 0.6 is 11.8 Å². The van der Waals surface area contributed by atoms with E-state index in [0.717, 1.165) is 0 Å². The largest absolute Gasteiger partial charge is 0.461 e. The van der Waals surface area contributed by atoms with Gasteiger partial charge in [0, 0.05) is 5.56 Å². The van der Waals surface area contributed by atoms with Crippen molar-refractivity contribution in [2.45, 2.75) is 17.8 Å². The van der Waals surface area contributed by atoms with Crippen molar-refractivity contribution < 1.29 is 13.3 Å². The van der Waals surface area contributed by atoms with E-state index < -0.39 is 0 Å². The van der Waals surface area contributed by atoms with E-state index in [2.05, 4.69) is 20.3 Å². The topological polar surface area (TPSA) is 109 Å². The van der Waals surface area contributed by atoms with Gasteiger partial charge in [0.05, 0.1) is 12.0 Å². The SMILES string of the molecule is Cc1ccc(-c2noc(CSc3nnc(-c4ccco4)n3N)n2)cc1F. The van der Waals surface area contributed by atoms with Crippen LogP contribution in [-0.4, -0.2) is 25.0 Å². The number of hydrogen-bond donors (Lipinski definition) is 1. The van der Waals surface area contributed by atoms with Gasteiger partial charge in [0.1, 0.15) is 5.82 Å². The Kier molecular flexibility index (Phi) is 4.17. The van der Waals surface area contributed by atoms with Gasteiger partial charge in [-0.3, -0.25) is 0 Å². The fourth-order valence-electron chi connectivity index (χ4n) is 2.24. The number of thioether (sulfide) groups is 1. The van der Waals surface area contributed by atoms with Gasteiger partial charge in [-0.25, -0.2) is 9.07 Å². The molecular formula is C16H13FN6O2S. The maximum Gasteiger partial charge on any atom is 0.237 e. The summed E-state index contributed by atoms with van der Waals surface area (Å²) in [4.78, 5) is 4.27. The van der Waals surface area contributed by atoms with Crippen molar-refractivity contribution in [2.24, 2.45) is 0 Å². The number of nitrogens with two attached hydrogens (primary N) is 1. The summed E-state index contributed by atoms with van der Waals surface area (Å²) < 4.78 is 25.5. The van der Waals surface area contributed by atoms with E-state index in [1.54, 1.807) is 31.2 Å². The summed E-state index contributed by atoms with van der Waals surface area (Å²) in [6, 6.07) is 8.27. The van der Waals surface area contributed by atoms with Crippen LogP contribution in [0.15, 0.2) is 50.7 Å². The van der Waals surface area contributed by atoms with E-state index in [1.807, 2.05) is 0 Å². The molecule has 0 saturated heterocycles. The first-order chi connectivity index (χ1) is 12.6. The average Bonchev–Trinajstić information content (AvgIpc) is 3.36. The molecule has 4 aromatic rings. The lowest BCUT2D eigenvalue weighted by Crippen LogP contribution is -2.11. The molecule has 0 bridgehead atoms. The van der Waals surface area contributed by atoms with Gasteiger partial charge in [0.25, 0.3) is 0 Å². The normalized spacial score (nSPS) is 11.2. The molecule has 1 aromatic carbocycles. The van der Waals surface area contributed by atoms with Crippen molar-refractivity contribution in [1.29, 1.82) is 0 Å². The van der Waals surface area contributed by atoms with Crippen LogP contribution < -0.4 is 5.84 Å². The molecule has 0 unspecified atom stereocenters. The number of hydrogen-bond acceptors (Lipinski definition) is 8. The Morgan fingerprint density at radius 1 is 1.27 bits per heavy atom. The molecule has 8 nitrogen and oxygen atoms in total.